The van der Waals surface area contributed by atoms with Crippen molar-refractivity contribution in [3.63, 3.8) is 0 Å². The number of benzene rings is 1. The predicted molar refractivity (Wildman–Crippen MR) is 76.9 cm³/mol. The van der Waals surface area contributed by atoms with Crippen molar-refractivity contribution in [2.75, 3.05) is 19.5 Å². The maximum absolute atomic E-state index is 11.9. The number of nitrogens with two attached hydrogens (primary N) is 1. The number of hydrogen-bond donors (Lipinski definition) is 1. The van der Waals surface area contributed by atoms with E-state index in [1.54, 1.807) is 7.11 Å². The number of hydrogen-bond acceptors (Lipinski definition) is 4. The van der Waals surface area contributed by atoms with Crippen molar-refractivity contribution in [1.82, 2.24) is 0 Å². The number of carbonyl (C=O) groups is 1. The fourth-order valence-electron chi connectivity index (χ4n) is 1.34. The first-order valence-electron chi connectivity index (χ1n) is 5.74. The molecule has 0 saturated carbocycles. The molecule has 0 aliphatic rings. The summed E-state index contributed by atoms with van der Waals surface area (Å²) in [4.78, 5) is 11.9. The zero-order valence-electron chi connectivity index (χ0n) is 11.1. The smallest absolute Gasteiger partial charge is 0.341 e. The van der Waals surface area contributed by atoms with Gasteiger partial charge in [0.1, 0.15) is 5.56 Å². The topological polar surface area (TPSA) is 61.5 Å². The Morgan fingerprint density at radius 2 is 1.89 bits per heavy atom. The van der Waals surface area contributed by atoms with E-state index in [1.807, 2.05) is 13.8 Å². The molecule has 2 N–H and O–H groups in total. The first kappa shape index (κ1) is 16.1. The van der Waals surface area contributed by atoms with E-state index in [9.17, 15) is 4.79 Å². The van der Waals surface area contributed by atoms with Gasteiger partial charge in [-0.05, 0) is 26.0 Å². The molecule has 0 atom stereocenters. The number of esters is 1. The van der Waals surface area contributed by atoms with Crippen LogP contribution in [0.2, 0.25) is 10.0 Å². The molecule has 0 unspecified atom stereocenters. The van der Waals surface area contributed by atoms with Gasteiger partial charge < -0.3 is 15.2 Å². The third-order valence-corrected chi connectivity index (χ3v) is 3.48. The minimum Gasteiger partial charge on any atom is -0.462 e. The first-order valence-corrected chi connectivity index (χ1v) is 6.50. The molecular formula is C13H17Cl2NO3. The third kappa shape index (κ3) is 4.27. The van der Waals surface area contributed by atoms with Crippen molar-refractivity contribution >= 4 is 34.9 Å². The quantitative estimate of drug-likeness (QED) is 0.667. The number of halogens is 2. The van der Waals surface area contributed by atoms with Gasteiger partial charge in [-0.25, -0.2) is 4.79 Å². The van der Waals surface area contributed by atoms with Crippen molar-refractivity contribution in [2.45, 2.75) is 25.9 Å². The molecule has 0 bridgehead atoms. The minimum absolute atomic E-state index is 0.101. The summed E-state index contributed by atoms with van der Waals surface area (Å²) in [6, 6.07) is 3.04. The van der Waals surface area contributed by atoms with Gasteiger partial charge in [0, 0.05) is 13.5 Å². The van der Waals surface area contributed by atoms with Gasteiger partial charge in [0.25, 0.3) is 0 Å². The highest BCUT2D eigenvalue weighted by molar-refractivity contribution is 6.38. The number of nitrogen functional groups attached to an aromatic ring is 1. The average Bonchev–Trinajstić information content (AvgIpc) is 2.34. The van der Waals surface area contributed by atoms with Gasteiger partial charge in [-0.2, -0.15) is 0 Å². The Morgan fingerprint density at radius 1 is 1.32 bits per heavy atom. The summed E-state index contributed by atoms with van der Waals surface area (Å²) in [5.41, 5.74) is 5.60. The molecule has 6 heteroatoms. The van der Waals surface area contributed by atoms with Gasteiger partial charge in [-0.3, -0.25) is 0 Å². The number of carbonyl (C=O) groups excluding carboxylic acids is 1. The number of methoxy groups -OCH3 is 1. The SMILES string of the molecule is COC(C)(C)CCOC(=O)c1c(Cl)ccc(Cl)c1N. The molecule has 0 fully saturated rings. The largest absolute Gasteiger partial charge is 0.462 e. The molecule has 0 saturated heterocycles. The molecule has 4 nitrogen and oxygen atoms in total. The van der Waals surface area contributed by atoms with Crippen LogP contribution in [0.4, 0.5) is 5.69 Å². The molecule has 19 heavy (non-hydrogen) atoms. The Labute approximate surface area is 122 Å². The van der Waals surface area contributed by atoms with E-state index in [0.29, 0.717) is 6.42 Å². The Kier molecular flexibility index (Phi) is 5.47. The molecule has 0 heterocycles. The summed E-state index contributed by atoms with van der Waals surface area (Å²) in [5, 5.41) is 0.492. The fraction of sp³-hybridized carbons (Fsp3) is 0.462. The van der Waals surface area contributed by atoms with Crippen LogP contribution in [0.15, 0.2) is 12.1 Å². The van der Waals surface area contributed by atoms with E-state index >= 15 is 0 Å². The highest BCUT2D eigenvalue weighted by atomic mass is 35.5. The van der Waals surface area contributed by atoms with E-state index in [0.717, 1.165) is 0 Å². The fourth-order valence-corrected chi connectivity index (χ4v) is 1.74. The Morgan fingerprint density at radius 3 is 2.47 bits per heavy atom. The second-order valence-corrected chi connectivity index (χ2v) is 5.48. The van der Waals surface area contributed by atoms with Crippen molar-refractivity contribution in [3.05, 3.63) is 27.7 Å². The lowest BCUT2D eigenvalue weighted by atomic mass is 10.1. The molecule has 0 aromatic heterocycles. The monoisotopic (exact) mass is 305 g/mol. The molecule has 0 spiro atoms. The summed E-state index contributed by atoms with van der Waals surface area (Å²) in [6.45, 7) is 4.02. The Balaban J connectivity index is 2.72. The van der Waals surface area contributed by atoms with Crippen LogP contribution in [-0.2, 0) is 9.47 Å². The molecule has 106 valence electrons. The normalized spacial score (nSPS) is 11.4. The maximum Gasteiger partial charge on any atom is 0.341 e. The second kappa shape index (κ2) is 6.46. The van der Waals surface area contributed by atoms with Gasteiger partial charge in [-0.15, -0.1) is 0 Å². The summed E-state index contributed by atoms with van der Waals surface area (Å²) in [6.07, 6.45) is 0.563. The van der Waals surface area contributed by atoms with Gasteiger partial charge in [0.05, 0.1) is 27.9 Å². The van der Waals surface area contributed by atoms with Crippen molar-refractivity contribution in [3.8, 4) is 0 Å². The first-order chi connectivity index (χ1) is 8.78. The summed E-state index contributed by atoms with van der Waals surface area (Å²) >= 11 is 11.8. The third-order valence-electron chi connectivity index (χ3n) is 2.84. The van der Waals surface area contributed by atoms with Crippen molar-refractivity contribution < 1.29 is 14.3 Å². The lowest BCUT2D eigenvalue weighted by Gasteiger charge is -2.22. The summed E-state index contributed by atoms with van der Waals surface area (Å²) in [7, 11) is 1.60. The Hall–Kier alpha value is -0.970. The summed E-state index contributed by atoms with van der Waals surface area (Å²) < 4.78 is 10.4. The number of rotatable bonds is 5. The van der Waals surface area contributed by atoms with E-state index in [2.05, 4.69) is 0 Å². The van der Waals surface area contributed by atoms with Gasteiger partial charge in [0.2, 0.25) is 0 Å². The van der Waals surface area contributed by atoms with Crippen LogP contribution in [0, 0.1) is 0 Å². The zero-order chi connectivity index (χ0) is 14.6. The van der Waals surface area contributed by atoms with Crippen molar-refractivity contribution in [1.29, 1.82) is 0 Å². The van der Waals surface area contributed by atoms with Crippen LogP contribution in [0.5, 0.6) is 0 Å². The van der Waals surface area contributed by atoms with Crippen LogP contribution in [0.25, 0.3) is 0 Å². The molecule has 0 amide bonds. The van der Waals surface area contributed by atoms with E-state index in [-0.39, 0.29) is 33.5 Å². The van der Waals surface area contributed by atoms with Crippen LogP contribution in [0.1, 0.15) is 30.6 Å². The average molecular weight is 306 g/mol. The molecule has 1 aromatic carbocycles. The zero-order valence-corrected chi connectivity index (χ0v) is 12.6. The van der Waals surface area contributed by atoms with Crippen LogP contribution in [0.3, 0.4) is 0 Å². The minimum atomic E-state index is -0.586. The van der Waals surface area contributed by atoms with Crippen LogP contribution >= 0.6 is 23.2 Å². The molecule has 0 radical (unpaired) electrons. The predicted octanol–water partition coefficient (Wildman–Crippen LogP) is 3.55. The van der Waals surface area contributed by atoms with Crippen LogP contribution in [-0.4, -0.2) is 25.3 Å². The van der Waals surface area contributed by atoms with Crippen molar-refractivity contribution in [2.24, 2.45) is 0 Å². The van der Waals surface area contributed by atoms with Gasteiger partial charge >= 0.3 is 5.97 Å². The van der Waals surface area contributed by atoms with Gasteiger partial charge in [0.15, 0.2) is 0 Å². The number of anilines is 1. The maximum atomic E-state index is 11.9. The van der Waals surface area contributed by atoms with E-state index in [4.69, 9.17) is 38.4 Å². The lowest BCUT2D eigenvalue weighted by Crippen LogP contribution is -2.25. The van der Waals surface area contributed by atoms with Crippen LogP contribution < -0.4 is 5.73 Å². The number of ether oxygens (including phenoxy) is 2. The van der Waals surface area contributed by atoms with E-state index < -0.39 is 5.97 Å². The highest BCUT2D eigenvalue weighted by Gasteiger charge is 2.20. The highest BCUT2D eigenvalue weighted by Crippen LogP contribution is 2.30. The molecule has 1 rings (SSSR count). The molecule has 0 aliphatic carbocycles. The molecule has 0 aliphatic heterocycles. The second-order valence-electron chi connectivity index (χ2n) is 4.67. The lowest BCUT2D eigenvalue weighted by molar-refractivity contribution is -0.00559. The molecular weight excluding hydrogens is 289 g/mol. The van der Waals surface area contributed by atoms with E-state index in [1.165, 1.54) is 12.1 Å². The Bertz CT molecular complexity index is 475. The summed E-state index contributed by atoms with van der Waals surface area (Å²) in [5.74, 6) is -0.586. The van der Waals surface area contributed by atoms with Gasteiger partial charge in [-0.1, -0.05) is 23.2 Å². The standard InChI is InChI=1S/C13H17Cl2NO3/c1-13(2,18-3)6-7-19-12(17)10-8(14)4-5-9(15)11(10)16/h4-5H,6-7,16H2,1-3H3. The molecule has 1 aromatic rings.